The van der Waals surface area contributed by atoms with Gasteiger partial charge in [-0.15, -0.1) is 0 Å². The molecule has 1 aromatic carbocycles. The summed E-state index contributed by atoms with van der Waals surface area (Å²) < 4.78 is 61.7. The third-order valence-electron chi connectivity index (χ3n) is 6.62. The van der Waals surface area contributed by atoms with E-state index in [4.69, 9.17) is 16.3 Å². The van der Waals surface area contributed by atoms with Gasteiger partial charge in [0.05, 0.1) is 41.9 Å². The number of amides is 2. The summed E-state index contributed by atoms with van der Waals surface area (Å²) in [4.78, 5) is 19.3. The lowest BCUT2D eigenvalue weighted by atomic mass is 10.1. The Morgan fingerprint density at radius 1 is 1.15 bits per heavy atom. The van der Waals surface area contributed by atoms with Gasteiger partial charge in [0.2, 0.25) is 0 Å². The van der Waals surface area contributed by atoms with Crippen LogP contribution in [-0.2, 0) is 17.6 Å². The molecule has 2 aromatic rings. The lowest BCUT2D eigenvalue weighted by Crippen LogP contribution is -2.60. The number of carbonyl (C=O) groups is 1. The standard InChI is InChI=1S/C23H23ClF4N4O2/c24-18-4-2-13-8-15(9-17(13)20(18)25)30-14-3-5-19(29-10-14)21(23(26,27)28)32-7-1-6-31(22(32)33)16-11-34-12-16/h2-5,10,15-16,21,30H,1,6-9,11-12H2. The van der Waals surface area contributed by atoms with Crippen molar-refractivity contribution in [3.05, 3.63) is 58.1 Å². The summed E-state index contributed by atoms with van der Waals surface area (Å²) in [5, 5.41) is 3.28. The van der Waals surface area contributed by atoms with Gasteiger partial charge >= 0.3 is 12.2 Å². The number of pyridine rings is 1. The van der Waals surface area contributed by atoms with Crippen LogP contribution < -0.4 is 5.32 Å². The van der Waals surface area contributed by atoms with Crippen molar-refractivity contribution in [2.75, 3.05) is 31.6 Å². The van der Waals surface area contributed by atoms with Gasteiger partial charge in [-0.25, -0.2) is 9.18 Å². The minimum Gasteiger partial charge on any atom is -0.380 e. The number of hydrogen-bond acceptors (Lipinski definition) is 4. The molecule has 2 aliphatic heterocycles. The normalized spacial score (nSPS) is 21.9. The smallest absolute Gasteiger partial charge is 0.380 e. The third kappa shape index (κ3) is 4.29. The highest BCUT2D eigenvalue weighted by Crippen LogP contribution is 2.39. The van der Waals surface area contributed by atoms with Crippen LogP contribution in [0.15, 0.2) is 30.5 Å². The Labute approximate surface area is 198 Å². The van der Waals surface area contributed by atoms with Gasteiger partial charge in [-0.3, -0.25) is 4.98 Å². The SMILES string of the molecule is O=C1N(C2COC2)CCCN1C(c1ccc(NC2Cc3ccc(Cl)c(F)c3C2)cn1)C(F)(F)F. The van der Waals surface area contributed by atoms with Crippen molar-refractivity contribution in [2.24, 2.45) is 0 Å². The minimum absolute atomic E-state index is 0.00320. The van der Waals surface area contributed by atoms with E-state index in [9.17, 15) is 22.4 Å². The van der Waals surface area contributed by atoms with Crippen molar-refractivity contribution in [3.8, 4) is 0 Å². The summed E-state index contributed by atoms with van der Waals surface area (Å²) >= 11 is 5.86. The molecule has 0 saturated carbocycles. The summed E-state index contributed by atoms with van der Waals surface area (Å²) in [7, 11) is 0. The van der Waals surface area contributed by atoms with Crippen molar-refractivity contribution < 1.29 is 27.1 Å². The summed E-state index contributed by atoms with van der Waals surface area (Å²) in [6, 6.07) is 3.02. The van der Waals surface area contributed by atoms with Crippen molar-refractivity contribution in [1.82, 2.24) is 14.8 Å². The van der Waals surface area contributed by atoms with E-state index in [-0.39, 0.29) is 29.3 Å². The van der Waals surface area contributed by atoms with Crippen molar-refractivity contribution in [3.63, 3.8) is 0 Å². The Balaban J connectivity index is 1.31. The number of anilines is 1. The molecule has 0 bridgehead atoms. The summed E-state index contributed by atoms with van der Waals surface area (Å²) in [6.07, 6.45) is -1.93. The zero-order chi connectivity index (χ0) is 24.0. The van der Waals surface area contributed by atoms with E-state index >= 15 is 0 Å². The highest BCUT2D eigenvalue weighted by molar-refractivity contribution is 6.30. The third-order valence-corrected chi connectivity index (χ3v) is 6.91. The number of aromatic nitrogens is 1. The Kier molecular flexibility index (Phi) is 6.05. The molecule has 5 rings (SSSR count). The number of ether oxygens (including phenoxy) is 1. The molecule has 3 aliphatic rings. The van der Waals surface area contributed by atoms with E-state index in [0.29, 0.717) is 50.3 Å². The predicted octanol–water partition coefficient (Wildman–Crippen LogP) is 4.58. The molecular formula is C23H23ClF4N4O2. The van der Waals surface area contributed by atoms with Crippen molar-refractivity contribution in [1.29, 1.82) is 0 Å². The zero-order valence-corrected chi connectivity index (χ0v) is 18.9. The number of hydrogen-bond donors (Lipinski definition) is 1. The molecule has 2 atom stereocenters. The van der Waals surface area contributed by atoms with Gasteiger partial charge in [0, 0.05) is 19.1 Å². The van der Waals surface area contributed by atoms with Crippen LogP contribution in [0.25, 0.3) is 0 Å². The molecule has 2 saturated heterocycles. The van der Waals surface area contributed by atoms with Crippen LogP contribution in [0.4, 0.5) is 28.0 Å². The Morgan fingerprint density at radius 3 is 2.59 bits per heavy atom. The number of benzene rings is 1. The van der Waals surface area contributed by atoms with Crippen LogP contribution in [0.1, 0.15) is 29.3 Å². The number of urea groups is 1. The molecule has 2 unspecified atom stereocenters. The van der Waals surface area contributed by atoms with Gasteiger partial charge in [-0.05, 0) is 48.6 Å². The second-order valence-electron chi connectivity index (χ2n) is 8.88. The molecule has 182 valence electrons. The molecular weight excluding hydrogens is 476 g/mol. The molecule has 1 aromatic heterocycles. The average Bonchev–Trinajstić information content (AvgIpc) is 3.16. The van der Waals surface area contributed by atoms with Gasteiger partial charge in [0.1, 0.15) is 5.82 Å². The maximum atomic E-state index is 14.3. The van der Waals surface area contributed by atoms with Crippen molar-refractivity contribution >= 4 is 23.3 Å². The number of fused-ring (bicyclic) bond motifs is 1. The number of rotatable bonds is 5. The van der Waals surface area contributed by atoms with Crippen LogP contribution in [0.2, 0.25) is 5.02 Å². The van der Waals surface area contributed by atoms with E-state index in [1.807, 2.05) is 0 Å². The minimum atomic E-state index is -4.68. The fourth-order valence-corrected chi connectivity index (χ4v) is 5.05. The first-order valence-corrected chi connectivity index (χ1v) is 11.5. The molecule has 2 amide bonds. The highest BCUT2D eigenvalue weighted by Gasteiger charge is 2.50. The van der Waals surface area contributed by atoms with Crippen molar-refractivity contribution in [2.45, 2.75) is 43.6 Å². The maximum Gasteiger partial charge on any atom is 0.414 e. The van der Waals surface area contributed by atoms with Gasteiger partial charge in [-0.2, -0.15) is 13.2 Å². The van der Waals surface area contributed by atoms with Gasteiger partial charge in [-0.1, -0.05) is 17.7 Å². The lowest BCUT2D eigenvalue weighted by molar-refractivity contribution is -0.184. The molecule has 0 spiro atoms. The molecule has 1 N–H and O–H groups in total. The molecule has 3 heterocycles. The molecule has 6 nitrogen and oxygen atoms in total. The Morgan fingerprint density at radius 2 is 1.94 bits per heavy atom. The zero-order valence-electron chi connectivity index (χ0n) is 18.1. The first-order chi connectivity index (χ1) is 16.2. The molecule has 1 aliphatic carbocycles. The number of nitrogens with zero attached hydrogens (tertiary/aromatic N) is 3. The number of halogens is 5. The first kappa shape index (κ1) is 23.2. The fourth-order valence-electron chi connectivity index (χ4n) is 4.87. The van der Waals surface area contributed by atoms with Gasteiger partial charge in [0.25, 0.3) is 0 Å². The monoisotopic (exact) mass is 498 g/mol. The van der Waals surface area contributed by atoms with Crippen LogP contribution in [0.5, 0.6) is 0 Å². The lowest BCUT2D eigenvalue weighted by Gasteiger charge is -2.45. The van der Waals surface area contributed by atoms with Crippen LogP contribution in [-0.4, -0.2) is 65.4 Å². The van der Waals surface area contributed by atoms with Gasteiger partial charge < -0.3 is 19.9 Å². The first-order valence-electron chi connectivity index (χ1n) is 11.1. The average molecular weight is 499 g/mol. The number of nitrogens with one attached hydrogen (secondary N) is 1. The van der Waals surface area contributed by atoms with Crippen LogP contribution in [0.3, 0.4) is 0 Å². The largest absolute Gasteiger partial charge is 0.414 e. The second-order valence-corrected chi connectivity index (χ2v) is 9.29. The van der Waals surface area contributed by atoms with Crippen LogP contribution >= 0.6 is 11.6 Å². The quantitative estimate of drug-likeness (QED) is 0.613. The fraction of sp³-hybridized carbons (Fsp3) is 0.478. The Hall–Kier alpha value is -2.59. The van der Waals surface area contributed by atoms with E-state index in [0.717, 1.165) is 10.5 Å². The predicted molar refractivity (Wildman–Crippen MR) is 117 cm³/mol. The summed E-state index contributed by atoms with van der Waals surface area (Å²) in [5.41, 5.74) is 1.68. The summed E-state index contributed by atoms with van der Waals surface area (Å²) in [5.74, 6) is -0.432. The van der Waals surface area contributed by atoms with E-state index in [1.54, 1.807) is 6.07 Å². The van der Waals surface area contributed by atoms with E-state index in [1.165, 1.54) is 29.3 Å². The molecule has 0 radical (unpaired) electrons. The van der Waals surface area contributed by atoms with Gasteiger partial charge in [0.15, 0.2) is 6.04 Å². The maximum absolute atomic E-state index is 14.3. The Bertz CT molecular complexity index is 1080. The summed E-state index contributed by atoms with van der Waals surface area (Å²) in [6.45, 7) is 1.11. The molecule has 34 heavy (non-hydrogen) atoms. The topological polar surface area (TPSA) is 57.7 Å². The molecule has 11 heteroatoms. The number of carbonyl (C=O) groups excluding carboxylic acids is 1. The van der Waals surface area contributed by atoms with Crippen LogP contribution in [0, 0.1) is 5.82 Å². The van der Waals surface area contributed by atoms with E-state index < -0.39 is 24.1 Å². The second kappa shape index (κ2) is 8.88. The highest BCUT2D eigenvalue weighted by atomic mass is 35.5. The van der Waals surface area contributed by atoms with E-state index in [2.05, 4.69) is 10.3 Å². The number of alkyl halides is 3. The molecule has 2 fully saturated rings.